The lowest BCUT2D eigenvalue weighted by Crippen LogP contribution is -2.33. The van der Waals surface area contributed by atoms with Gasteiger partial charge in [-0.15, -0.1) is 4.52 Å². The van der Waals surface area contributed by atoms with Gasteiger partial charge in [0.05, 0.1) is 18.5 Å². The number of hydrogen-bond donors (Lipinski definition) is 2. The van der Waals surface area contributed by atoms with Crippen LogP contribution in [0.5, 0.6) is 0 Å². The summed E-state index contributed by atoms with van der Waals surface area (Å²) in [6.07, 6.45) is 20.4. The molecular formula is C31H53FN6O5P+. The summed E-state index contributed by atoms with van der Waals surface area (Å²) in [6, 6.07) is -0.766. The average Bonchev–Trinajstić information content (AvgIpc) is 3.59. The van der Waals surface area contributed by atoms with Crippen LogP contribution < -0.4 is 10.8 Å². The zero-order valence-electron chi connectivity index (χ0n) is 26.9. The van der Waals surface area contributed by atoms with Gasteiger partial charge in [0.2, 0.25) is 0 Å². The van der Waals surface area contributed by atoms with E-state index in [1.165, 1.54) is 83.4 Å². The van der Waals surface area contributed by atoms with Crippen LogP contribution in [0, 0.1) is 6.08 Å². The molecule has 0 radical (unpaired) electrons. The number of esters is 1. The van der Waals surface area contributed by atoms with Crippen molar-refractivity contribution < 1.29 is 27.7 Å². The second kappa shape index (κ2) is 19.3. The first kappa shape index (κ1) is 36.2. The molecule has 4 atom stereocenters. The van der Waals surface area contributed by atoms with E-state index in [-0.39, 0.29) is 18.1 Å². The van der Waals surface area contributed by atoms with Crippen molar-refractivity contribution in [3.8, 4) is 0 Å². The highest BCUT2D eigenvalue weighted by atomic mass is 31.1. The summed E-state index contributed by atoms with van der Waals surface area (Å²) in [7, 11) is -2.32. The molecule has 0 saturated carbocycles. The van der Waals surface area contributed by atoms with E-state index in [4.69, 9.17) is 19.7 Å². The Morgan fingerprint density at radius 3 is 2.30 bits per heavy atom. The fraction of sp³-hybridized carbons (Fsp3) is 0.806. The quantitative estimate of drug-likeness (QED) is 0.0538. The van der Waals surface area contributed by atoms with Crippen LogP contribution in [0.1, 0.15) is 136 Å². The Bertz CT molecular complexity index is 1170. The van der Waals surface area contributed by atoms with Gasteiger partial charge in [0, 0.05) is 0 Å². The lowest BCUT2D eigenvalue weighted by Gasteiger charge is -2.22. The second-order valence-corrected chi connectivity index (χ2v) is 13.3. The third-order valence-electron chi connectivity index (χ3n) is 8.20. The third kappa shape index (κ3) is 12.3. The van der Waals surface area contributed by atoms with E-state index in [0.717, 1.165) is 19.3 Å². The van der Waals surface area contributed by atoms with Gasteiger partial charge in [0.25, 0.3) is 0 Å². The van der Waals surface area contributed by atoms with E-state index in [9.17, 15) is 13.8 Å². The zero-order valence-corrected chi connectivity index (χ0v) is 27.8. The molecule has 0 bridgehead atoms. The molecule has 2 aromatic rings. The Kier molecular flexibility index (Phi) is 15.9. The molecule has 0 aliphatic carbocycles. The highest BCUT2D eigenvalue weighted by Gasteiger charge is 2.41. The fourth-order valence-corrected chi connectivity index (χ4v) is 6.40. The van der Waals surface area contributed by atoms with Crippen molar-refractivity contribution >= 4 is 31.1 Å². The van der Waals surface area contributed by atoms with Crippen LogP contribution in [0.2, 0.25) is 0 Å². The van der Waals surface area contributed by atoms with Crippen LogP contribution in [0.25, 0.3) is 11.2 Å². The van der Waals surface area contributed by atoms with Crippen molar-refractivity contribution in [1.29, 1.82) is 0 Å². The van der Waals surface area contributed by atoms with E-state index in [1.807, 2.05) is 6.92 Å². The Balaban J connectivity index is 1.20. The number of anilines is 1. The molecule has 1 saturated heterocycles. The van der Waals surface area contributed by atoms with Crippen molar-refractivity contribution in [2.24, 2.45) is 0 Å². The largest absolute Gasteiger partial charge is 0.613 e. The molecule has 3 heterocycles. The molecule has 0 aromatic carbocycles. The van der Waals surface area contributed by atoms with E-state index >= 15 is 0 Å². The molecular weight excluding hydrogens is 586 g/mol. The van der Waals surface area contributed by atoms with Crippen LogP contribution in [0.3, 0.4) is 0 Å². The van der Waals surface area contributed by atoms with Crippen LogP contribution in [-0.4, -0.2) is 50.3 Å². The zero-order chi connectivity index (χ0) is 31.8. The SMILES string of the molecule is CCCCCCCCCCCCCCCCCOC(=O)[C@H](C)N[P+](=O)OC[C@]1(C)CC[C@H](n2cnc3c(N)nc(F)nc32)O1. The van der Waals surface area contributed by atoms with Crippen LogP contribution in [0.15, 0.2) is 6.33 Å². The van der Waals surface area contributed by atoms with E-state index in [1.54, 1.807) is 11.5 Å². The number of halogens is 1. The minimum atomic E-state index is -2.32. The summed E-state index contributed by atoms with van der Waals surface area (Å²) in [5.74, 6) is -0.493. The molecule has 3 rings (SSSR count). The molecule has 44 heavy (non-hydrogen) atoms. The summed E-state index contributed by atoms with van der Waals surface area (Å²) in [4.78, 5) is 23.8. The molecule has 13 heteroatoms. The smallest absolute Gasteiger partial charge is 0.464 e. The van der Waals surface area contributed by atoms with Crippen LogP contribution in [0.4, 0.5) is 10.2 Å². The summed E-state index contributed by atoms with van der Waals surface area (Å²) in [6.45, 7) is 6.10. The summed E-state index contributed by atoms with van der Waals surface area (Å²) >= 11 is 0. The molecule has 0 spiro atoms. The number of carbonyl (C=O) groups excluding carboxylic acids is 1. The highest BCUT2D eigenvalue weighted by Crippen LogP contribution is 2.39. The van der Waals surface area contributed by atoms with Gasteiger partial charge in [-0.2, -0.15) is 14.4 Å². The highest BCUT2D eigenvalue weighted by molar-refractivity contribution is 7.36. The average molecular weight is 640 g/mol. The molecule has 1 unspecified atom stereocenters. The molecule has 3 N–H and O–H groups in total. The molecule has 2 aromatic heterocycles. The molecule has 248 valence electrons. The van der Waals surface area contributed by atoms with E-state index in [0.29, 0.717) is 25.0 Å². The monoisotopic (exact) mass is 639 g/mol. The summed E-state index contributed by atoms with van der Waals surface area (Å²) in [5.41, 5.74) is 5.55. The van der Waals surface area contributed by atoms with Gasteiger partial charge < -0.3 is 15.2 Å². The fourth-order valence-electron chi connectivity index (χ4n) is 5.51. The number of ether oxygens (including phenoxy) is 2. The molecule has 0 amide bonds. The number of nitrogens with two attached hydrogens (primary N) is 1. The molecule has 1 fully saturated rings. The van der Waals surface area contributed by atoms with Crippen LogP contribution in [-0.2, 0) is 23.4 Å². The first-order valence-electron chi connectivity index (χ1n) is 16.6. The Labute approximate surface area is 262 Å². The van der Waals surface area contributed by atoms with Crippen molar-refractivity contribution in [2.75, 3.05) is 18.9 Å². The predicted octanol–water partition coefficient (Wildman–Crippen LogP) is 7.68. The maximum Gasteiger partial charge on any atom is 0.613 e. The first-order valence-corrected chi connectivity index (χ1v) is 17.8. The Hall–Kier alpha value is -2.27. The van der Waals surface area contributed by atoms with Gasteiger partial charge in [-0.1, -0.05) is 102 Å². The van der Waals surface area contributed by atoms with Gasteiger partial charge in [0.1, 0.15) is 18.9 Å². The van der Waals surface area contributed by atoms with Gasteiger partial charge >= 0.3 is 20.2 Å². The standard InChI is InChI=1S/C31H53FN6O5P/c1-4-5-6-7-8-9-10-11-12-13-14-15-16-17-18-21-41-29(39)24(2)37-44(40)42-22-31(3)20-19-25(43-31)38-23-34-26-27(33)35-30(32)36-28(26)38/h23-25H,4-22H2,1-3H3,(H,37,40)(H2,33,35,36)/q+1/t24-,25+,31-/m0/s1. The molecule has 11 nitrogen and oxygen atoms in total. The number of imidazole rings is 1. The number of nitrogens with one attached hydrogen (secondary N) is 1. The van der Waals surface area contributed by atoms with Crippen LogP contribution >= 0.6 is 8.18 Å². The number of aromatic nitrogens is 4. The lowest BCUT2D eigenvalue weighted by molar-refractivity contribution is -0.145. The number of hydrogen-bond acceptors (Lipinski definition) is 9. The van der Waals surface area contributed by atoms with Gasteiger partial charge in [-0.3, -0.25) is 9.36 Å². The molecule has 1 aliphatic rings. The number of carbonyl (C=O) groups is 1. The normalized spacial score (nSPS) is 19.5. The van der Waals surface area contributed by atoms with Crippen molar-refractivity contribution in [1.82, 2.24) is 24.6 Å². The minimum absolute atomic E-state index is 0.0325. The molecule has 1 aliphatic heterocycles. The second-order valence-electron chi connectivity index (χ2n) is 12.3. The summed E-state index contributed by atoms with van der Waals surface area (Å²) < 4.78 is 44.8. The number of nitrogen functional groups attached to an aromatic ring is 1. The maximum atomic E-state index is 13.7. The van der Waals surface area contributed by atoms with Crippen molar-refractivity contribution in [3.05, 3.63) is 12.4 Å². The summed E-state index contributed by atoms with van der Waals surface area (Å²) in [5, 5.41) is 2.67. The number of fused-ring (bicyclic) bond motifs is 1. The first-order chi connectivity index (χ1) is 21.2. The topological polar surface area (TPSA) is 143 Å². The van der Waals surface area contributed by atoms with Crippen molar-refractivity contribution in [2.45, 2.75) is 148 Å². The predicted molar refractivity (Wildman–Crippen MR) is 169 cm³/mol. The maximum absolute atomic E-state index is 13.7. The number of unbranched alkanes of at least 4 members (excludes halogenated alkanes) is 14. The van der Waals surface area contributed by atoms with E-state index < -0.39 is 38.1 Å². The Morgan fingerprint density at radius 1 is 1.09 bits per heavy atom. The van der Waals surface area contributed by atoms with Gasteiger partial charge in [0.15, 0.2) is 17.0 Å². The number of rotatable bonds is 23. The minimum Gasteiger partial charge on any atom is -0.464 e. The third-order valence-corrected chi connectivity index (χ3v) is 9.17. The van der Waals surface area contributed by atoms with Gasteiger partial charge in [-0.05, 0) is 37.7 Å². The Morgan fingerprint density at radius 2 is 1.68 bits per heavy atom. The lowest BCUT2D eigenvalue weighted by atomic mass is 10.0. The van der Waals surface area contributed by atoms with Gasteiger partial charge in [-0.25, -0.2) is 4.98 Å². The van der Waals surface area contributed by atoms with Crippen molar-refractivity contribution in [3.63, 3.8) is 0 Å². The number of nitrogens with zero attached hydrogens (tertiary/aromatic N) is 4. The van der Waals surface area contributed by atoms with E-state index in [2.05, 4.69) is 27.0 Å².